The Bertz CT molecular complexity index is 352. The Morgan fingerprint density at radius 1 is 1.29 bits per heavy atom. The molecule has 0 saturated carbocycles. The highest BCUT2D eigenvalue weighted by Gasteiger charge is 2.14. The summed E-state index contributed by atoms with van der Waals surface area (Å²) in [5.74, 6) is 1.66. The van der Waals surface area contributed by atoms with Crippen LogP contribution in [0.1, 0.15) is 44.0 Å². The van der Waals surface area contributed by atoms with Crippen molar-refractivity contribution >= 4 is 31.9 Å². The van der Waals surface area contributed by atoms with Gasteiger partial charge in [-0.05, 0) is 37.0 Å². The van der Waals surface area contributed by atoms with Crippen molar-refractivity contribution in [2.24, 2.45) is 5.92 Å². The number of hydrogen-bond donors (Lipinski definition) is 0. The van der Waals surface area contributed by atoms with E-state index in [-0.39, 0.29) is 0 Å². The quantitative estimate of drug-likeness (QED) is 0.587. The first-order chi connectivity index (χ1) is 8.08. The molecule has 0 aliphatic rings. The molecule has 3 heteroatoms. The molecule has 0 bridgehead atoms. The first-order valence-electron chi connectivity index (χ1n) is 6.14. The van der Waals surface area contributed by atoms with Crippen LogP contribution in [0, 0.1) is 5.92 Å². The summed E-state index contributed by atoms with van der Waals surface area (Å²) in [4.78, 5) is 0.405. The van der Waals surface area contributed by atoms with Crippen LogP contribution in [0.5, 0.6) is 5.75 Å². The van der Waals surface area contributed by atoms with Crippen LogP contribution >= 0.6 is 31.9 Å². The van der Waals surface area contributed by atoms with Crippen molar-refractivity contribution in [1.29, 1.82) is 0 Å². The van der Waals surface area contributed by atoms with E-state index in [1.54, 1.807) is 0 Å². The molecule has 0 saturated heterocycles. The van der Waals surface area contributed by atoms with Crippen LogP contribution in [0.25, 0.3) is 0 Å². The largest absolute Gasteiger partial charge is 0.494 e. The number of benzene rings is 1. The summed E-state index contributed by atoms with van der Waals surface area (Å²) >= 11 is 7.39. The normalized spacial score (nSPS) is 14.4. The summed E-state index contributed by atoms with van der Waals surface area (Å²) in [6.07, 6.45) is 2.37. The number of hydrogen-bond acceptors (Lipinski definition) is 1. The zero-order valence-corrected chi connectivity index (χ0v) is 13.8. The van der Waals surface area contributed by atoms with Gasteiger partial charge in [0.1, 0.15) is 5.75 Å². The second-order valence-corrected chi connectivity index (χ2v) is 6.29. The van der Waals surface area contributed by atoms with Crippen LogP contribution in [-0.4, -0.2) is 6.61 Å². The standard InChI is InChI=1S/C14H20Br2O/c1-4-10(3)8-13(15)12-7-6-11(17-5-2)9-14(12)16/h6-7,9-10,13H,4-5,8H2,1-3H3. The third-order valence-electron chi connectivity index (χ3n) is 2.93. The lowest BCUT2D eigenvalue weighted by Gasteiger charge is -2.17. The molecule has 0 fully saturated rings. The molecule has 2 unspecified atom stereocenters. The van der Waals surface area contributed by atoms with E-state index in [1.165, 1.54) is 12.0 Å². The van der Waals surface area contributed by atoms with Crippen LogP contribution in [-0.2, 0) is 0 Å². The Labute approximate surface area is 121 Å². The molecule has 0 aromatic heterocycles. The van der Waals surface area contributed by atoms with Gasteiger partial charge in [0, 0.05) is 9.30 Å². The van der Waals surface area contributed by atoms with E-state index in [4.69, 9.17) is 4.74 Å². The van der Waals surface area contributed by atoms with E-state index in [0.29, 0.717) is 11.4 Å². The van der Waals surface area contributed by atoms with Gasteiger partial charge in [-0.25, -0.2) is 0 Å². The molecule has 0 aliphatic carbocycles. The highest BCUT2D eigenvalue weighted by molar-refractivity contribution is 9.11. The summed E-state index contributed by atoms with van der Waals surface area (Å²) in [5, 5.41) is 0. The van der Waals surface area contributed by atoms with Gasteiger partial charge >= 0.3 is 0 Å². The molecule has 2 atom stereocenters. The van der Waals surface area contributed by atoms with E-state index < -0.39 is 0 Å². The van der Waals surface area contributed by atoms with Crippen molar-refractivity contribution < 1.29 is 4.74 Å². The Morgan fingerprint density at radius 2 is 2.00 bits per heavy atom. The van der Waals surface area contributed by atoms with E-state index in [1.807, 2.05) is 19.1 Å². The molecule has 1 aromatic rings. The minimum Gasteiger partial charge on any atom is -0.494 e. The monoisotopic (exact) mass is 362 g/mol. The molecule has 0 N–H and O–H groups in total. The molecule has 0 spiro atoms. The van der Waals surface area contributed by atoms with Crippen molar-refractivity contribution in [3.8, 4) is 5.75 Å². The van der Waals surface area contributed by atoms with E-state index in [0.717, 1.165) is 22.6 Å². The van der Waals surface area contributed by atoms with E-state index >= 15 is 0 Å². The maximum absolute atomic E-state index is 5.48. The van der Waals surface area contributed by atoms with Gasteiger partial charge in [0.05, 0.1) is 6.61 Å². The summed E-state index contributed by atoms with van der Waals surface area (Å²) in [5.41, 5.74) is 1.30. The predicted molar refractivity (Wildman–Crippen MR) is 81.1 cm³/mol. The molecule has 1 aromatic carbocycles. The molecular formula is C14H20Br2O. The Hall–Kier alpha value is -0.0200. The topological polar surface area (TPSA) is 9.23 Å². The lowest BCUT2D eigenvalue weighted by molar-refractivity contribution is 0.340. The molecule has 17 heavy (non-hydrogen) atoms. The second kappa shape index (κ2) is 7.42. The van der Waals surface area contributed by atoms with Crippen molar-refractivity contribution in [1.82, 2.24) is 0 Å². The summed E-state index contributed by atoms with van der Waals surface area (Å²) in [7, 11) is 0. The minimum atomic E-state index is 0.405. The fourth-order valence-corrected chi connectivity index (χ4v) is 3.64. The lowest BCUT2D eigenvalue weighted by atomic mass is 9.99. The third kappa shape index (κ3) is 4.63. The summed E-state index contributed by atoms with van der Waals surface area (Å²) < 4.78 is 6.60. The van der Waals surface area contributed by atoms with Gasteiger partial charge in [-0.2, -0.15) is 0 Å². The zero-order valence-electron chi connectivity index (χ0n) is 10.7. The van der Waals surface area contributed by atoms with Crippen molar-refractivity contribution in [3.63, 3.8) is 0 Å². The van der Waals surface area contributed by atoms with Crippen LogP contribution < -0.4 is 4.74 Å². The Morgan fingerprint density at radius 3 is 2.53 bits per heavy atom. The molecule has 1 nitrogen and oxygen atoms in total. The Balaban J connectivity index is 2.77. The van der Waals surface area contributed by atoms with Gasteiger partial charge in [-0.1, -0.05) is 58.2 Å². The van der Waals surface area contributed by atoms with Gasteiger partial charge in [0.25, 0.3) is 0 Å². The fourth-order valence-electron chi connectivity index (χ4n) is 1.67. The molecule has 0 amide bonds. The Kier molecular flexibility index (Phi) is 6.57. The minimum absolute atomic E-state index is 0.405. The number of halogens is 2. The fraction of sp³-hybridized carbons (Fsp3) is 0.571. The maximum atomic E-state index is 5.48. The van der Waals surface area contributed by atoms with Gasteiger partial charge in [0.2, 0.25) is 0 Å². The first-order valence-corrected chi connectivity index (χ1v) is 7.85. The predicted octanol–water partition coefficient (Wildman–Crippen LogP) is 5.72. The van der Waals surface area contributed by atoms with Crippen molar-refractivity contribution in [3.05, 3.63) is 28.2 Å². The number of rotatable bonds is 6. The average Bonchev–Trinajstić information content (AvgIpc) is 2.29. The number of alkyl halides is 1. The summed E-state index contributed by atoms with van der Waals surface area (Å²) in [6, 6.07) is 6.22. The van der Waals surface area contributed by atoms with Crippen LogP contribution in [0.4, 0.5) is 0 Å². The van der Waals surface area contributed by atoms with Gasteiger partial charge < -0.3 is 4.74 Å². The van der Waals surface area contributed by atoms with E-state index in [2.05, 4.69) is 51.8 Å². The molecular weight excluding hydrogens is 344 g/mol. The average molecular weight is 364 g/mol. The van der Waals surface area contributed by atoms with Crippen LogP contribution in [0.3, 0.4) is 0 Å². The summed E-state index contributed by atoms with van der Waals surface area (Å²) in [6.45, 7) is 7.22. The zero-order chi connectivity index (χ0) is 12.8. The van der Waals surface area contributed by atoms with E-state index in [9.17, 15) is 0 Å². The molecule has 0 heterocycles. The molecule has 96 valence electrons. The first kappa shape index (κ1) is 15.0. The highest BCUT2D eigenvalue weighted by Crippen LogP contribution is 2.36. The smallest absolute Gasteiger partial charge is 0.120 e. The maximum Gasteiger partial charge on any atom is 0.120 e. The molecule has 0 aliphatic heterocycles. The lowest BCUT2D eigenvalue weighted by Crippen LogP contribution is -2.00. The van der Waals surface area contributed by atoms with Crippen molar-refractivity contribution in [2.45, 2.75) is 38.4 Å². The highest BCUT2D eigenvalue weighted by atomic mass is 79.9. The second-order valence-electron chi connectivity index (χ2n) is 4.33. The van der Waals surface area contributed by atoms with Gasteiger partial charge in [-0.3, -0.25) is 0 Å². The van der Waals surface area contributed by atoms with Crippen LogP contribution in [0.2, 0.25) is 0 Å². The van der Waals surface area contributed by atoms with Gasteiger partial charge in [-0.15, -0.1) is 0 Å². The molecule has 0 radical (unpaired) electrons. The SMILES string of the molecule is CCOc1ccc(C(Br)CC(C)CC)c(Br)c1. The third-order valence-corrected chi connectivity index (χ3v) is 4.48. The van der Waals surface area contributed by atoms with Crippen molar-refractivity contribution in [2.75, 3.05) is 6.61 Å². The molecule has 1 rings (SSSR count). The van der Waals surface area contributed by atoms with Gasteiger partial charge in [0.15, 0.2) is 0 Å². The van der Waals surface area contributed by atoms with Crippen LogP contribution in [0.15, 0.2) is 22.7 Å². The number of ether oxygens (including phenoxy) is 1.